The van der Waals surface area contributed by atoms with Crippen LogP contribution in [0.25, 0.3) is 0 Å². The van der Waals surface area contributed by atoms with Gasteiger partial charge in [0.2, 0.25) is 5.56 Å². The average molecular weight is 430 g/mol. The minimum absolute atomic E-state index is 0.0854. The molecule has 0 aromatic heterocycles. The molecule has 160 valence electrons. The van der Waals surface area contributed by atoms with Crippen molar-refractivity contribution in [2.75, 3.05) is 32.5 Å². The Labute approximate surface area is 182 Å². The Hall–Kier alpha value is -2.73. The first kappa shape index (κ1) is 22.0. The van der Waals surface area contributed by atoms with Gasteiger partial charge in [0.05, 0.1) is 0 Å². The molecule has 0 aliphatic carbocycles. The standard InChI is InChI=1S/C23H28ClN3O3/c1-26(2)23(29)27-14-12-18(13-15-27)16-17-8-10-20(11-9-17)25-22(28)30-21(24)19-6-4-3-5-7-19/h3-11,18,21H,12-16H2,1-2H3,(H,25,28). The summed E-state index contributed by atoms with van der Waals surface area (Å²) in [6.07, 6.45) is 2.38. The Morgan fingerprint density at radius 2 is 1.73 bits per heavy atom. The molecule has 7 heteroatoms. The molecule has 1 atom stereocenters. The lowest BCUT2D eigenvalue weighted by atomic mass is 9.90. The molecular formula is C23H28ClN3O3. The number of halogens is 1. The third kappa shape index (κ3) is 6.13. The molecule has 1 aliphatic heterocycles. The van der Waals surface area contributed by atoms with Crippen LogP contribution in [0, 0.1) is 5.92 Å². The average Bonchev–Trinajstić information content (AvgIpc) is 2.75. The second kappa shape index (κ2) is 10.3. The zero-order valence-electron chi connectivity index (χ0n) is 17.4. The number of hydrogen-bond donors (Lipinski definition) is 1. The first-order chi connectivity index (χ1) is 14.4. The lowest BCUT2D eigenvalue weighted by Gasteiger charge is -2.33. The molecule has 3 rings (SSSR count). The Bertz CT molecular complexity index is 835. The Morgan fingerprint density at radius 3 is 2.33 bits per heavy atom. The summed E-state index contributed by atoms with van der Waals surface area (Å²) in [5.74, 6) is 0.558. The summed E-state index contributed by atoms with van der Waals surface area (Å²) in [5.41, 5.74) is 1.76. The van der Waals surface area contributed by atoms with E-state index in [1.807, 2.05) is 47.4 Å². The molecular weight excluding hydrogens is 402 g/mol. The highest BCUT2D eigenvalue weighted by Crippen LogP contribution is 2.24. The molecule has 30 heavy (non-hydrogen) atoms. The zero-order valence-corrected chi connectivity index (χ0v) is 18.1. The van der Waals surface area contributed by atoms with E-state index in [1.165, 1.54) is 5.56 Å². The van der Waals surface area contributed by atoms with Gasteiger partial charge in [-0.25, -0.2) is 9.59 Å². The molecule has 1 unspecified atom stereocenters. The van der Waals surface area contributed by atoms with Gasteiger partial charge in [-0.1, -0.05) is 54.1 Å². The second-order valence-corrected chi connectivity index (χ2v) is 8.16. The molecule has 0 radical (unpaired) electrons. The number of likely N-dealkylation sites (tertiary alicyclic amines) is 1. The predicted octanol–water partition coefficient (Wildman–Crippen LogP) is 5.11. The zero-order chi connectivity index (χ0) is 21.5. The van der Waals surface area contributed by atoms with Crippen molar-refractivity contribution in [3.63, 3.8) is 0 Å². The fraction of sp³-hybridized carbons (Fsp3) is 0.391. The molecule has 2 aromatic rings. The summed E-state index contributed by atoms with van der Waals surface area (Å²) in [6, 6.07) is 17.0. The number of amides is 3. The molecule has 1 N–H and O–H groups in total. The molecule has 0 saturated carbocycles. The van der Waals surface area contributed by atoms with Gasteiger partial charge < -0.3 is 14.5 Å². The number of carbonyl (C=O) groups excluding carboxylic acids is 2. The van der Waals surface area contributed by atoms with Gasteiger partial charge in [-0.3, -0.25) is 5.32 Å². The van der Waals surface area contributed by atoms with Gasteiger partial charge in [0, 0.05) is 38.4 Å². The van der Waals surface area contributed by atoms with Crippen molar-refractivity contribution in [2.45, 2.75) is 24.8 Å². The SMILES string of the molecule is CN(C)C(=O)N1CCC(Cc2ccc(NC(=O)OC(Cl)c3ccccc3)cc2)CC1. The van der Waals surface area contributed by atoms with Crippen LogP contribution in [-0.2, 0) is 11.2 Å². The number of nitrogens with one attached hydrogen (secondary N) is 1. The molecule has 2 aromatic carbocycles. The van der Waals surface area contributed by atoms with Gasteiger partial charge >= 0.3 is 12.1 Å². The normalized spacial score (nSPS) is 15.4. The van der Waals surface area contributed by atoms with Crippen LogP contribution in [0.15, 0.2) is 54.6 Å². The number of rotatable bonds is 5. The molecule has 1 aliphatic rings. The number of urea groups is 1. The maximum absolute atomic E-state index is 12.1. The summed E-state index contributed by atoms with van der Waals surface area (Å²) >= 11 is 6.14. The first-order valence-corrected chi connectivity index (χ1v) is 10.6. The summed E-state index contributed by atoms with van der Waals surface area (Å²) in [5, 5.41) is 2.71. The number of carbonyl (C=O) groups is 2. The van der Waals surface area contributed by atoms with Crippen LogP contribution in [0.2, 0.25) is 0 Å². The van der Waals surface area contributed by atoms with Crippen LogP contribution in [0.1, 0.15) is 29.5 Å². The van der Waals surface area contributed by atoms with Crippen molar-refractivity contribution < 1.29 is 14.3 Å². The number of ether oxygens (including phenoxy) is 1. The van der Waals surface area contributed by atoms with Crippen molar-refractivity contribution in [1.29, 1.82) is 0 Å². The lowest BCUT2D eigenvalue weighted by molar-refractivity contribution is 0.147. The highest BCUT2D eigenvalue weighted by Gasteiger charge is 2.23. The van der Waals surface area contributed by atoms with E-state index in [0.717, 1.165) is 37.9 Å². The Morgan fingerprint density at radius 1 is 1.10 bits per heavy atom. The molecule has 0 bridgehead atoms. The van der Waals surface area contributed by atoms with Crippen molar-refractivity contribution in [1.82, 2.24) is 9.80 Å². The molecule has 1 saturated heterocycles. The van der Waals surface area contributed by atoms with Crippen LogP contribution < -0.4 is 5.32 Å². The van der Waals surface area contributed by atoms with Gasteiger partial charge in [0.15, 0.2) is 0 Å². The third-order valence-electron chi connectivity index (χ3n) is 5.26. The maximum Gasteiger partial charge on any atom is 0.413 e. The minimum atomic E-state index is -0.837. The Balaban J connectivity index is 1.45. The largest absolute Gasteiger partial charge is 0.425 e. The smallest absolute Gasteiger partial charge is 0.413 e. The highest BCUT2D eigenvalue weighted by atomic mass is 35.5. The summed E-state index contributed by atoms with van der Waals surface area (Å²) in [7, 11) is 3.57. The number of piperidine rings is 1. The molecule has 1 fully saturated rings. The van der Waals surface area contributed by atoms with Crippen LogP contribution in [0.4, 0.5) is 15.3 Å². The first-order valence-electron chi connectivity index (χ1n) is 10.1. The molecule has 0 spiro atoms. The van der Waals surface area contributed by atoms with Crippen molar-refractivity contribution in [2.24, 2.45) is 5.92 Å². The lowest BCUT2D eigenvalue weighted by Crippen LogP contribution is -2.44. The maximum atomic E-state index is 12.1. The second-order valence-electron chi connectivity index (χ2n) is 7.77. The topological polar surface area (TPSA) is 61.9 Å². The van der Waals surface area contributed by atoms with E-state index in [9.17, 15) is 9.59 Å². The van der Waals surface area contributed by atoms with E-state index in [1.54, 1.807) is 31.1 Å². The summed E-state index contributed by atoms with van der Waals surface area (Å²) in [6.45, 7) is 1.60. The van der Waals surface area contributed by atoms with Gasteiger partial charge in [0.25, 0.3) is 0 Å². The van der Waals surface area contributed by atoms with Crippen molar-refractivity contribution in [3.8, 4) is 0 Å². The van der Waals surface area contributed by atoms with E-state index in [-0.39, 0.29) is 6.03 Å². The number of alkyl halides is 1. The third-order valence-corrected chi connectivity index (χ3v) is 5.61. The molecule has 6 nitrogen and oxygen atoms in total. The van der Waals surface area contributed by atoms with Gasteiger partial charge in [-0.05, 0) is 42.9 Å². The van der Waals surface area contributed by atoms with E-state index in [0.29, 0.717) is 11.6 Å². The monoisotopic (exact) mass is 429 g/mol. The number of anilines is 1. The van der Waals surface area contributed by atoms with Crippen LogP contribution in [-0.4, -0.2) is 49.1 Å². The van der Waals surface area contributed by atoms with Crippen molar-refractivity contribution >= 4 is 29.4 Å². The predicted molar refractivity (Wildman–Crippen MR) is 119 cm³/mol. The van der Waals surface area contributed by atoms with Gasteiger partial charge in [0.1, 0.15) is 0 Å². The van der Waals surface area contributed by atoms with E-state index in [2.05, 4.69) is 5.32 Å². The van der Waals surface area contributed by atoms with E-state index in [4.69, 9.17) is 16.3 Å². The molecule has 3 amide bonds. The van der Waals surface area contributed by atoms with E-state index < -0.39 is 11.7 Å². The van der Waals surface area contributed by atoms with E-state index >= 15 is 0 Å². The quantitative estimate of drug-likeness (QED) is 0.672. The number of nitrogens with zero attached hydrogens (tertiary/aromatic N) is 2. The van der Waals surface area contributed by atoms with Crippen LogP contribution in [0.3, 0.4) is 0 Å². The van der Waals surface area contributed by atoms with Crippen LogP contribution >= 0.6 is 11.6 Å². The fourth-order valence-electron chi connectivity index (χ4n) is 3.58. The van der Waals surface area contributed by atoms with Crippen LogP contribution in [0.5, 0.6) is 0 Å². The number of benzene rings is 2. The Kier molecular flexibility index (Phi) is 7.57. The summed E-state index contributed by atoms with van der Waals surface area (Å²) in [4.78, 5) is 27.7. The van der Waals surface area contributed by atoms with Gasteiger partial charge in [-0.2, -0.15) is 0 Å². The van der Waals surface area contributed by atoms with Gasteiger partial charge in [-0.15, -0.1) is 0 Å². The molecule has 1 heterocycles. The fourth-order valence-corrected chi connectivity index (χ4v) is 3.81. The summed E-state index contributed by atoms with van der Waals surface area (Å²) < 4.78 is 5.22. The number of hydrogen-bond acceptors (Lipinski definition) is 3. The van der Waals surface area contributed by atoms with Crippen molar-refractivity contribution in [3.05, 3.63) is 65.7 Å². The highest BCUT2D eigenvalue weighted by molar-refractivity contribution is 6.20. The minimum Gasteiger partial charge on any atom is -0.425 e.